The van der Waals surface area contributed by atoms with E-state index < -0.39 is 12.5 Å². The molecule has 0 saturated carbocycles. The molecule has 0 aliphatic carbocycles. The van der Waals surface area contributed by atoms with Crippen molar-refractivity contribution >= 4 is 0 Å². The van der Waals surface area contributed by atoms with E-state index >= 15 is 0 Å². The summed E-state index contributed by atoms with van der Waals surface area (Å²) in [5, 5.41) is 10.6. The van der Waals surface area contributed by atoms with Gasteiger partial charge in [0, 0.05) is 12.5 Å². The van der Waals surface area contributed by atoms with E-state index in [1.165, 1.54) is 0 Å². The van der Waals surface area contributed by atoms with Crippen molar-refractivity contribution in [2.24, 2.45) is 5.73 Å². The van der Waals surface area contributed by atoms with Gasteiger partial charge in [0.25, 0.3) is 0 Å². The lowest BCUT2D eigenvalue weighted by atomic mass is 9.77. The maximum absolute atomic E-state index is 12.6. The SMILES string of the molecule is CC(C)(C)c1cc([C@@H](N)CC(F)F)cc(C(C)(C)C)c1O. The highest BCUT2D eigenvalue weighted by atomic mass is 19.3. The average Bonchev–Trinajstić information content (AvgIpc) is 2.24. The lowest BCUT2D eigenvalue weighted by Crippen LogP contribution is -2.21. The molecule has 1 atom stereocenters. The number of hydrogen-bond donors (Lipinski definition) is 2. The Labute approximate surface area is 126 Å². The van der Waals surface area contributed by atoms with Gasteiger partial charge in [-0.15, -0.1) is 0 Å². The van der Waals surface area contributed by atoms with Gasteiger partial charge in [-0.05, 0) is 39.7 Å². The van der Waals surface area contributed by atoms with Crippen molar-refractivity contribution < 1.29 is 13.9 Å². The van der Waals surface area contributed by atoms with E-state index in [0.717, 1.165) is 11.1 Å². The topological polar surface area (TPSA) is 46.2 Å². The Morgan fingerprint density at radius 3 is 1.67 bits per heavy atom. The molecule has 0 radical (unpaired) electrons. The van der Waals surface area contributed by atoms with Crippen LogP contribution in [0.4, 0.5) is 8.78 Å². The molecule has 1 aromatic rings. The van der Waals surface area contributed by atoms with Gasteiger partial charge in [0.15, 0.2) is 0 Å². The minimum atomic E-state index is -2.44. The van der Waals surface area contributed by atoms with Crippen LogP contribution in [0.5, 0.6) is 5.75 Å². The lowest BCUT2D eigenvalue weighted by molar-refractivity contribution is 0.128. The zero-order valence-corrected chi connectivity index (χ0v) is 13.8. The molecule has 21 heavy (non-hydrogen) atoms. The fraction of sp³-hybridized carbons (Fsp3) is 0.647. The largest absolute Gasteiger partial charge is 0.507 e. The highest BCUT2D eigenvalue weighted by Crippen LogP contribution is 2.41. The molecule has 0 aromatic heterocycles. The van der Waals surface area contributed by atoms with Gasteiger partial charge in [-0.25, -0.2) is 8.78 Å². The third kappa shape index (κ3) is 4.40. The molecule has 0 spiro atoms. The molecule has 0 heterocycles. The number of nitrogens with two attached hydrogens (primary N) is 1. The number of aromatic hydroxyl groups is 1. The predicted molar refractivity (Wildman–Crippen MR) is 83.1 cm³/mol. The van der Waals surface area contributed by atoms with Crippen LogP contribution < -0.4 is 5.73 Å². The lowest BCUT2D eigenvalue weighted by Gasteiger charge is -2.29. The van der Waals surface area contributed by atoms with E-state index in [0.29, 0.717) is 5.56 Å². The number of alkyl halides is 2. The van der Waals surface area contributed by atoms with Crippen LogP contribution in [0.2, 0.25) is 0 Å². The molecule has 0 saturated heterocycles. The van der Waals surface area contributed by atoms with Gasteiger partial charge in [-0.2, -0.15) is 0 Å². The number of phenolic OH excluding ortho intramolecular Hbond substituents is 1. The number of hydrogen-bond acceptors (Lipinski definition) is 2. The Balaban J connectivity index is 3.48. The normalized spacial score (nSPS) is 14.6. The van der Waals surface area contributed by atoms with Crippen LogP contribution in [-0.4, -0.2) is 11.5 Å². The molecule has 0 bridgehead atoms. The summed E-state index contributed by atoms with van der Waals surface area (Å²) in [4.78, 5) is 0. The van der Waals surface area contributed by atoms with Gasteiger partial charge in [-0.1, -0.05) is 41.5 Å². The monoisotopic (exact) mass is 299 g/mol. The average molecular weight is 299 g/mol. The molecule has 120 valence electrons. The Morgan fingerprint density at radius 2 is 1.38 bits per heavy atom. The minimum absolute atomic E-state index is 0.239. The van der Waals surface area contributed by atoms with Gasteiger partial charge in [0.1, 0.15) is 5.75 Å². The maximum atomic E-state index is 12.6. The van der Waals surface area contributed by atoms with Crippen molar-refractivity contribution in [1.82, 2.24) is 0 Å². The van der Waals surface area contributed by atoms with Crippen molar-refractivity contribution in [2.45, 2.75) is 71.3 Å². The molecule has 0 aliphatic rings. The third-order valence-electron chi connectivity index (χ3n) is 3.61. The van der Waals surface area contributed by atoms with Crippen LogP contribution in [0.3, 0.4) is 0 Å². The van der Waals surface area contributed by atoms with Gasteiger partial charge >= 0.3 is 0 Å². The highest BCUT2D eigenvalue weighted by molar-refractivity contribution is 5.50. The van der Waals surface area contributed by atoms with Crippen molar-refractivity contribution in [3.05, 3.63) is 28.8 Å². The van der Waals surface area contributed by atoms with E-state index in [1.54, 1.807) is 12.1 Å². The van der Waals surface area contributed by atoms with Gasteiger partial charge < -0.3 is 10.8 Å². The van der Waals surface area contributed by atoms with Crippen molar-refractivity contribution in [2.75, 3.05) is 0 Å². The van der Waals surface area contributed by atoms with Crippen molar-refractivity contribution in [1.29, 1.82) is 0 Å². The summed E-state index contributed by atoms with van der Waals surface area (Å²) in [5.41, 5.74) is 7.48. The number of halogens is 2. The second-order valence-corrected chi connectivity index (χ2v) is 7.70. The van der Waals surface area contributed by atoms with E-state index in [9.17, 15) is 13.9 Å². The van der Waals surface area contributed by atoms with Crippen LogP contribution in [0.15, 0.2) is 12.1 Å². The first-order valence-electron chi connectivity index (χ1n) is 7.25. The molecule has 3 N–H and O–H groups in total. The fourth-order valence-electron chi connectivity index (χ4n) is 2.34. The zero-order chi connectivity index (χ0) is 16.6. The number of benzene rings is 1. The van der Waals surface area contributed by atoms with Crippen molar-refractivity contribution in [3.8, 4) is 5.75 Å². The smallest absolute Gasteiger partial charge is 0.240 e. The van der Waals surface area contributed by atoms with Gasteiger partial charge in [0.05, 0.1) is 0 Å². The Hall–Kier alpha value is -1.16. The summed E-state index contributed by atoms with van der Waals surface area (Å²) in [6, 6.07) is 2.79. The molecule has 0 fully saturated rings. The maximum Gasteiger partial charge on any atom is 0.240 e. The summed E-state index contributed by atoms with van der Waals surface area (Å²) in [7, 11) is 0. The first kappa shape index (κ1) is 17.9. The minimum Gasteiger partial charge on any atom is -0.507 e. The van der Waals surface area contributed by atoms with Crippen LogP contribution in [0, 0.1) is 0 Å². The van der Waals surface area contributed by atoms with Crippen LogP contribution in [0.1, 0.15) is 70.7 Å². The Morgan fingerprint density at radius 1 is 1.00 bits per heavy atom. The summed E-state index contributed by atoms with van der Waals surface area (Å²) >= 11 is 0. The fourth-order valence-corrected chi connectivity index (χ4v) is 2.34. The molecule has 0 unspecified atom stereocenters. The zero-order valence-electron chi connectivity index (χ0n) is 13.8. The van der Waals surface area contributed by atoms with E-state index in [4.69, 9.17) is 5.73 Å². The summed E-state index contributed by atoms with van der Waals surface area (Å²) in [6.07, 6.45) is -2.82. The first-order chi connectivity index (χ1) is 9.34. The molecular formula is C17H27F2NO. The summed E-state index contributed by atoms with van der Waals surface area (Å²) < 4.78 is 25.2. The van der Waals surface area contributed by atoms with E-state index in [2.05, 4.69) is 0 Å². The summed E-state index contributed by atoms with van der Waals surface area (Å²) in [5.74, 6) is 0.239. The van der Waals surface area contributed by atoms with Crippen LogP contribution in [0.25, 0.3) is 0 Å². The van der Waals surface area contributed by atoms with Crippen molar-refractivity contribution in [3.63, 3.8) is 0 Å². The predicted octanol–water partition coefficient (Wildman–Crippen LogP) is 4.64. The molecular weight excluding hydrogens is 272 g/mol. The molecule has 1 rings (SSSR count). The van der Waals surface area contributed by atoms with E-state index in [-0.39, 0.29) is 23.0 Å². The standard InChI is InChI=1S/C17H27F2NO/c1-16(2,3)11-7-10(13(20)9-14(18)19)8-12(15(11)21)17(4,5)6/h7-8,13-14,21H,9,20H2,1-6H3/t13-/m0/s1. The van der Waals surface area contributed by atoms with Crippen LogP contribution >= 0.6 is 0 Å². The number of phenols is 1. The molecule has 0 amide bonds. The van der Waals surface area contributed by atoms with Crippen LogP contribution in [-0.2, 0) is 10.8 Å². The molecule has 2 nitrogen and oxygen atoms in total. The summed E-state index contributed by atoms with van der Waals surface area (Å²) in [6.45, 7) is 11.9. The third-order valence-corrected chi connectivity index (χ3v) is 3.61. The van der Waals surface area contributed by atoms with Gasteiger partial charge in [0.2, 0.25) is 6.43 Å². The quantitative estimate of drug-likeness (QED) is 0.854. The molecule has 1 aromatic carbocycles. The second kappa shape index (κ2) is 5.91. The van der Waals surface area contributed by atoms with Gasteiger partial charge in [-0.3, -0.25) is 0 Å². The Kier molecular flexibility index (Phi) is 5.04. The Bertz CT molecular complexity index is 463. The van der Waals surface area contributed by atoms with E-state index in [1.807, 2.05) is 41.5 Å². The first-order valence-corrected chi connectivity index (χ1v) is 7.25. The molecule has 4 heteroatoms. The second-order valence-electron chi connectivity index (χ2n) is 7.70. The molecule has 0 aliphatic heterocycles. The number of rotatable bonds is 3. The highest BCUT2D eigenvalue weighted by Gasteiger charge is 2.28.